The van der Waals surface area contributed by atoms with E-state index < -0.39 is 0 Å². The molecule has 0 aromatic carbocycles. The number of hydrogen-bond acceptors (Lipinski definition) is 3. The molecule has 1 saturated carbocycles. The highest BCUT2D eigenvalue weighted by molar-refractivity contribution is 4.96. The van der Waals surface area contributed by atoms with Crippen LogP contribution in [-0.4, -0.2) is 50.5 Å². The van der Waals surface area contributed by atoms with Crippen molar-refractivity contribution in [1.82, 2.24) is 4.90 Å². The molecule has 1 atom stereocenters. The van der Waals surface area contributed by atoms with Crippen molar-refractivity contribution in [3.05, 3.63) is 0 Å². The number of hydrogen-bond donors (Lipinski definition) is 0. The molecule has 0 radical (unpaired) electrons. The Balaban J connectivity index is 1.70. The minimum Gasteiger partial charge on any atom is -0.379 e. The van der Waals surface area contributed by atoms with Gasteiger partial charge in [-0.1, -0.05) is 6.92 Å². The molecule has 0 spiro atoms. The van der Waals surface area contributed by atoms with Gasteiger partial charge in [-0.2, -0.15) is 0 Å². The molecule has 0 bridgehead atoms. The van der Waals surface area contributed by atoms with E-state index in [1.54, 1.807) is 0 Å². The van der Waals surface area contributed by atoms with Crippen LogP contribution in [-0.2, 0) is 9.47 Å². The third-order valence-electron chi connectivity index (χ3n) is 3.87. The second-order valence-electron chi connectivity index (χ2n) is 5.42. The Morgan fingerprint density at radius 1 is 1.31 bits per heavy atom. The first-order chi connectivity index (χ1) is 7.74. The van der Waals surface area contributed by atoms with Crippen LogP contribution < -0.4 is 0 Å². The molecule has 94 valence electrons. The molecule has 2 rings (SSSR count). The van der Waals surface area contributed by atoms with E-state index in [-0.39, 0.29) is 0 Å². The summed E-state index contributed by atoms with van der Waals surface area (Å²) in [5.74, 6) is 0. The molecule has 1 saturated heterocycles. The third kappa shape index (κ3) is 3.44. The first kappa shape index (κ1) is 12.3. The van der Waals surface area contributed by atoms with Gasteiger partial charge in [0.2, 0.25) is 0 Å². The highest BCUT2D eigenvalue weighted by Crippen LogP contribution is 2.46. The second kappa shape index (κ2) is 5.48. The van der Waals surface area contributed by atoms with Crippen molar-refractivity contribution >= 4 is 0 Å². The fraction of sp³-hybridized carbons (Fsp3) is 1.00. The SMILES string of the molecule is CCC(C)OCC1(CN2CCOCC2)CC1. The van der Waals surface area contributed by atoms with Crippen LogP contribution in [0.4, 0.5) is 0 Å². The number of ether oxygens (including phenoxy) is 2. The molecular weight excluding hydrogens is 202 g/mol. The largest absolute Gasteiger partial charge is 0.379 e. The lowest BCUT2D eigenvalue weighted by atomic mass is 10.1. The second-order valence-corrected chi connectivity index (χ2v) is 5.42. The molecule has 1 aliphatic carbocycles. The summed E-state index contributed by atoms with van der Waals surface area (Å²) in [6.07, 6.45) is 4.23. The summed E-state index contributed by atoms with van der Waals surface area (Å²) in [4.78, 5) is 2.54. The molecule has 0 aromatic heterocycles. The quantitative estimate of drug-likeness (QED) is 0.692. The van der Waals surface area contributed by atoms with Gasteiger partial charge in [-0.25, -0.2) is 0 Å². The molecule has 2 aliphatic rings. The lowest BCUT2D eigenvalue weighted by Crippen LogP contribution is -2.41. The summed E-state index contributed by atoms with van der Waals surface area (Å²) in [6, 6.07) is 0. The molecule has 1 heterocycles. The zero-order valence-electron chi connectivity index (χ0n) is 10.7. The highest BCUT2D eigenvalue weighted by Gasteiger charge is 2.44. The summed E-state index contributed by atoms with van der Waals surface area (Å²) in [6.45, 7) is 10.5. The maximum Gasteiger partial charge on any atom is 0.0594 e. The van der Waals surface area contributed by atoms with E-state index in [2.05, 4.69) is 18.7 Å². The van der Waals surface area contributed by atoms with Gasteiger partial charge >= 0.3 is 0 Å². The number of morpholine rings is 1. The first-order valence-electron chi connectivity index (χ1n) is 6.66. The summed E-state index contributed by atoms with van der Waals surface area (Å²) in [7, 11) is 0. The lowest BCUT2D eigenvalue weighted by molar-refractivity contribution is -0.00437. The predicted octanol–water partition coefficient (Wildman–Crippen LogP) is 1.91. The zero-order chi connectivity index (χ0) is 11.4. The topological polar surface area (TPSA) is 21.7 Å². The third-order valence-corrected chi connectivity index (χ3v) is 3.87. The van der Waals surface area contributed by atoms with E-state index in [0.29, 0.717) is 11.5 Å². The van der Waals surface area contributed by atoms with Crippen molar-refractivity contribution in [2.45, 2.75) is 39.2 Å². The Morgan fingerprint density at radius 3 is 2.56 bits per heavy atom. The van der Waals surface area contributed by atoms with Crippen LogP contribution in [0, 0.1) is 5.41 Å². The van der Waals surface area contributed by atoms with Crippen LogP contribution in [0.15, 0.2) is 0 Å². The molecule has 0 aromatic rings. The van der Waals surface area contributed by atoms with Crippen molar-refractivity contribution in [3.8, 4) is 0 Å². The Kier molecular flexibility index (Phi) is 4.22. The van der Waals surface area contributed by atoms with Gasteiger partial charge in [0, 0.05) is 25.0 Å². The van der Waals surface area contributed by atoms with E-state index in [4.69, 9.17) is 9.47 Å². The van der Waals surface area contributed by atoms with Crippen LogP contribution in [0.5, 0.6) is 0 Å². The summed E-state index contributed by atoms with van der Waals surface area (Å²) >= 11 is 0. The van der Waals surface area contributed by atoms with E-state index in [0.717, 1.165) is 39.3 Å². The van der Waals surface area contributed by atoms with Crippen molar-refractivity contribution in [2.75, 3.05) is 39.5 Å². The molecule has 16 heavy (non-hydrogen) atoms. The zero-order valence-corrected chi connectivity index (χ0v) is 10.7. The normalized spacial score (nSPS) is 26.6. The van der Waals surface area contributed by atoms with Crippen LogP contribution >= 0.6 is 0 Å². The molecule has 0 amide bonds. The van der Waals surface area contributed by atoms with Gasteiger partial charge in [-0.3, -0.25) is 4.90 Å². The summed E-state index contributed by atoms with van der Waals surface area (Å²) < 4.78 is 11.3. The standard InChI is InChI=1S/C13H25NO2/c1-3-12(2)16-11-13(4-5-13)10-14-6-8-15-9-7-14/h12H,3-11H2,1-2H3. The molecule has 0 N–H and O–H groups in total. The minimum absolute atomic E-state index is 0.419. The first-order valence-corrected chi connectivity index (χ1v) is 6.66. The smallest absolute Gasteiger partial charge is 0.0594 e. The fourth-order valence-corrected chi connectivity index (χ4v) is 2.20. The Morgan fingerprint density at radius 2 is 2.00 bits per heavy atom. The van der Waals surface area contributed by atoms with Gasteiger partial charge in [0.15, 0.2) is 0 Å². The number of nitrogens with zero attached hydrogens (tertiary/aromatic N) is 1. The molecule has 1 unspecified atom stereocenters. The van der Waals surface area contributed by atoms with Crippen molar-refractivity contribution < 1.29 is 9.47 Å². The van der Waals surface area contributed by atoms with Crippen molar-refractivity contribution in [1.29, 1.82) is 0 Å². The fourth-order valence-electron chi connectivity index (χ4n) is 2.20. The van der Waals surface area contributed by atoms with Gasteiger partial charge in [-0.05, 0) is 26.2 Å². The predicted molar refractivity (Wildman–Crippen MR) is 64.6 cm³/mol. The van der Waals surface area contributed by atoms with Crippen molar-refractivity contribution in [3.63, 3.8) is 0 Å². The van der Waals surface area contributed by atoms with E-state index in [1.807, 2.05) is 0 Å². The lowest BCUT2D eigenvalue weighted by Gasteiger charge is -2.30. The maximum absolute atomic E-state index is 5.90. The summed E-state index contributed by atoms with van der Waals surface area (Å²) in [5, 5.41) is 0. The van der Waals surface area contributed by atoms with Gasteiger partial charge in [0.05, 0.1) is 25.9 Å². The average molecular weight is 227 g/mol. The van der Waals surface area contributed by atoms with Crippen LogP contribution in [0.3, 0.4) is 0 Å². The van der Waals surface area contributed by atoms with Crippen LogP contribution in [0.25, 0.3) is 0 Å². The monoisotopic (exact) mass is 227 g/mol. The molecule has 1 aliphatic heterocycles. The maximum atomic E-state index is 5.90. The number of rotatable bonds is 6. The Labute approximate surface area is 99.1 Å². The molecule has 3 nitrogen and oxygen atoms in total. The van der Waals surface area contributed by atoms with Crippen molar-refractivity contribution in [2.24, 2.45) is 5.41 Å². The van der Waals surface area contributed by atoms with Gasteiger partial charge < -0.3 is 9.47 Å². The highest BCUT2D eigenvalue weighted by atomic mass is 16.5. The molecular formula is C13H25NO2. The van der Waals surface area contributed by atoms with Gasteiger partial charge in [-0.15, -0.1) is 0 Å². The molecule has 2 fully saturated rings. The van der Waals surface area contributed by atoms with Gasteiger partial charge in [0.1, 0.15) is 0 Å². The molecule has 3 heteroatoms. The minimum atomic E-state index is 0.419. The average Bonchev–Trinajstić information content (AvgIpc) is 3.08. The Bertz CT molecular complexity index is 210. The van der Waals surface area contributed by atoms with E-state index >= 15 is 0 Å². The van der Waals surface area contributed by atoms with E-state index in [1.165, 1.54) is 19.4 Å². The van der Waals surface area contributed by atoms with E-state index in [9.17, 15) is 0 Å². The van der Waals surface area contributed by atoms with Crippen LogP contribution in [0.1, 0.15) is 33.1 Å². The van der Waals surface area contributed by atoms with Crippen LogP contribution in [0.2, 0.25) is 0 Å². The van der Waals surface area contributed by atoms with Gasteiger partial charge in [0.25, 0.3) is 0 Å². The Hall–Kier alpha value is -0.120. The summed E-state index contributed by atoms with van der Waals surface area (Å²) in [5.41, 5.74) is 0.487.